The first-order chi connectivity index (χ1) is 7.00. The Balaban J connectivity index is 2.72. The van der Waals surface area contributed by atoms with Crippen LogP contribution in [0.5, 0.6) is 0 Å². The standard InChI is InChI=1S/C11H11Cl3O/c1-7(15)3-2-4-9-10(13)5-8(12)6-11(9)14/h5-6H,2-4H2,1H3. The minimum atomic E-state index is 0.177. The zero-order valence-electron chi connectivity index (χ0n) is 8.32. The van der Waals surface area contributed by atoms with Gasteiger partial charge in [-0.2, -0.15) is 0 Å². The van der Waals surface area contributed by atoms with Gasteiger partial charge in [0.1, 0.15) is 5.78 Å². The van der Waals surface area contributed by atoms with Gasteiger partial charge in [0.2, 0.25) is 0 Å². The lowest BCUT2D eigenvalue weighted by Gasteiger charge is -2.06. The normalized spacial score (nSPS) is 10.4. The van der Waals surface area contributed by atoms with Gasteiger partial charge in [-0.05, 0) is 37.5 Å². The van der Waals surface area contributed by atoms with Crippen molar-refractivity contribution >= 4 is 40.6 Å². The zero-order valence-corrected chi connectivity index (χ0v) is 10.6. The Hall–Kier alpha value is -0.240. The molecule has 0 N–H and O–H groups in total. The molecule has 0 aliphatic heterocycles. The van der Waals surface area contributed by atoms with Gasteiger partial charge in [0.15, 0.2) is 0 Å². The van der Waals surface area contributed by atoms with Gasteiger partial charge in [0.05, 0.1) is 0 Å². The molecular weight excluding hydrogens is 254 g/mol. The number of rotatable bonds is 4. The van der Waals surface area contributed by atoms with Crippen molar-refractivity contribution in [3.63, 3.8) is 0 Å². The summed E-state index contributed by atoms with van der Waals surface area (Å²) in [4.78, 5) is 10.8. The number of ketones is 1. The summed E-state index contributed by atoms with van der Waals surface area (Å²) in [5, 5.41) is 1.66. The van der Waals surface area contributed by atoms with E-state index < -0.39 is 0 Å². The summed E-state index contributed by atoms with van der Waals surface area (Å²) in [6.07, 6.45) is 2.01. The number of carbonyl (C=O) groups excluding carboxylic acids is 1. The summed E-state index contributed by atoms with van der Waals surface area (Å²) in [7, 11) is 0. The molecule has 0 saturated heterocycles. The van der Waals surface area contributed by atoms with Crippen molar-refractivity contribution in [3.05, 3.63) is 32.8 Å². The molecule has 0 radical (unpaired) electrons. The maximum absolute atomic E-state index is 10.8. The summed E-state index contributed by atoms with van der Waals surface area (Å²) in [6, 6.07) is 3.33. The molecule has 0 aromatic heterocycles. The fourth-order valence-electron chi connectivity index (χ4n) is 1.33. The third kappa shape index (κ3) is 4.02. The first kappa shape index (κ1) is 12.8. The van der Waals surface area contributed by atoms with Gasteiger partial charge in [0, 0.05) is 21.5 Å². The molecule has 1 aromatic carbocycles. The topological polar surface area (TPSA) is 17.1 Å². The summed E-state index contributed by atoms with van der Waals surface area (Å²) in [5.41, 5.74) is 0.865. The first-order valence-electron chi connectivity index (χ1n) is 4.63. The molecule has 0 saturated carbocycles. The summed E-state index contributed by atoms with van der Waals surface area (Å²) < 4.78 is 0. The van der Waals surface area contributed by atoms with Crippen LogP contribution in [0.2, 0.25) is 15.1 Å². The summed E-state index contributed by atoms with van der Waals surface area (Å²) >= 11 is 17.8. The molecule has 0 heterocycles. The Morgan fingerprint density at radius 1 is 1.20 bits per heavy atom. The quantitative estimate of drug-likeness (QED) is 0.780. The van der Waals surface area contributed by atoms with E-state index in [-0.39, 0.29) is 5.78 Å². The SMILES string of the molecule is CC(=O)CCCc1c(Cl)cc(Cl)cc1Cl. The number of hydrogen-bond donors (Lipinski definition) is 0. The van der Waals surface area contributed by atoms with Crippen LogP contribution in [0, 0.1) is 0 Å². The highest BCUT2D eigenvalue weighted by molar-refractivity contribution is 6.39. The zero-order chi connectivity index (χ0) is 11.4. The molecule has 1 rings (SSSR count). The molecule has 0 fully saturated rings. The van der Waals surface area contributed by atoms with Crippen LogP contribution in [0.15, 0.2) is 12.1 Å². The van der Waals surface area contributed by atoms with Crippen LogP contribution >= 0.6 is 34.8 Å². The summed E-state index contributed by atoms with van der Waals surface area (Å²) in [6.45, 7) is 1.57. The third-order valence-electron chi connectivity index (χ3n) is 2.06. The fourth-order valence-corrected chi connectivity index (χ4v) is 2.33. The van der Waals surface area contributed by atoms with E-state index in [0.29, 0.717) is 27.9 Å². The fraction of sp³-hybridized carbons (Fsp3) is 0.364. The van der Waals surface area contributed by atoms with Crippen LogP contribution in [-0.4, -0.2) is 5.78 Å². The molecule has 0 bridgehead atoms. The van der Waals surface area contributed by atoms with E-state index in [9.17, 15) is 4.79 Å². The smallest absolute Gasteiger partial charge is 0.129 e. The van der Waals surface area contributed by atoms with Gasteiger partial charge in [-0.15, -0.1) is 0 Å². The van der Waals surface area contributed by atoms with Gasteiger partial charge >= 0.3 is 0 Å². The highest BCUT2D eigenvalue weighted by atomic mass is 35.5. The lowest BCUT2D eigenvalue weighted by Crippen LogP contribution is -1.94. The number of carbonyl (C=O) groups is 1. The van der Waals surface area contributed by atoms with Crippen molar-refractivity contribution in [1.82, 2.24) is 0 Å². The van der Waals surface area contributed by atoms with Crippen LogP contribution in [0.25, 0.3) is 0 Å². The maximum Gasteiger partial charge on any atom is 0.129 e. The molecule has 1 aromatic rings. The van der Waals surface area contributed by atoms with Crippen LogP contribution in [0.1, 0.15) is 25.3 Å². The predicted molar refractivity (Wildman–Crippen MR) is 65.1 cm³/mol. The number of benzene rings is 1. The molecule has 15 heavy (non-hydrogen) atoms. The molecule has 0 aliphatic rings. The molecule has 82 valence electrons. The van der Waals surface area contributed by atoms with Crippen LogP contribution in [-0.2, 0) is 11.2 Å². The van der Waals surface area contributed by atoms with Crippen molar-refractivity contribution in [2.24, 2.45) is 0 Å². The Kier molecular flexibility index (Phi) is 4.91. The van der Waals surface area contributed by atoms with E-state index in [1.54, 1.807) is 19.1 Å². The summed E-state index contributed by atoms with van der Waals surface area (Å²) in [5.74, 6) is 0.177. The monoisotopic (exact) mass is 264 g/mol. The second-order valence-electron chi connectivity index (χ2n) is 3.40. The van der Waals surface area contributed by atoms with Crippen molar-refractivity contribution in [2.75, 3.05) is 0 Å². The van der Waals surface area contributed by atoms with E-state index in [1.807, 2.05) is 0 Å². The Bertz CT molecular complexity index is 351. The van der Waals surface area contributed by atoms with Crippen molar-refractivity contribution in [2.45, 2.75) is 26.2 Å². The maximum atomic E-state index is 10.8. The molecule has 0 unspecified atom stereocenters. The van der Waals surface area contributed by atoms with Crippen LogP contribution in [0.4, 0.5) is 0 Å². The third-order valence-corrected chi connectivity index (χ3v) is 2.95. The minimum Gasteiger partial charge on any atom is -0.300 e. The van der Waals surface area contributed by atoms with Gasteiger partial charge in [-0.1, -0.05) is 34.8 Å². The van der Waals surface area contributed by atoms with E-state index in [1.165, 1.54) is 0 Å². The molecule has 0 amide bonds. The van der Waals surface area contributed by atoms with Gasteiger partial charge in [-0.25, -0.2) is 0 Å². The molecule has 0 atom stereocenters. The second-order valence-corrected chi connectivity index (χ2v) is 4.65. The highest BCUT2D eigenvalue weighted by Crippen LogP contribution is 2.30. The molecule has 0 spiro atoms. The van der Waals surface area contributed by atoms with Crippen molar-refractivity contribution < 1.29 is 4.79 Å². The van der Waals surface area contributed by atoms with E-state index >= 15 is 0 Å². The van der Waals surface area contributed by atoms with Crippen molar-refractivity contribution in [3.8, 4) is 0 Å². The molecular formula is C11H11Cl3O. The molecule has 0 aliphatic carbocycles. The van der Waals surface area contributed by atoms with Gasteiger partial charge in [0.25, 0.3) is 0 Å². The van der Waals surface area contributed by atoms with E-state index in [2.05, 4.69) is 0 Å². The lowest BCUT2D eigenvalue weighted by molar-refractivity contribution is -0.117. The largest absolute Gasteiger partial charge is 0.300 e. The average molecular weight is 266 g/mol. The Morgan fingerprint density at radius 3 is 2.20 bits per heavy atom. The van der Waals surface area contributed by atoms with E-state index in [0.717, 1.165) is 12.0 Å². The van der Waals surface area contributed by atoms with E-state index in [4.69, 9.17) is 34.8 Å². The molecule has 1 nitrogen and oxygen atoms in total. The van der Waals surface area contributed by atoms with Crippen molar-refractivity contribution in [1.29, 1.82) is 0 Å². The first-order valence-corrected chi connectivity index (χ1v) is 5.77. The van der Waals surface area contributed by atoms with Crippen LogP contribution < -0.4 is 0 Å². The minimum absolute atomic E-state index is 0.177. The van der Waals surface area contributed by atoms with Crippen LogP contribution in [0.3, 0.4) is 0 Å². The Morgan fingerprint density at radius 2 is 1.73 bits per heavy atom. The predicted octanol–water partition coefficient (Wildman–Crippen LogP) is 4.56. The number of hydrogen-bond acceptors (Lipinski definition) is 1. The molecule has 4 heteroatoms. The number of Topliss-reactive ketones (excluding diaryl/α,β-unsaturated/α-hetero) is 1. The second kappa shape index (κ2) is 5.74. The highest BCUT2D eigenvalue weighted by Gasteiger charge is 2.07. The number of halogens is 3. The Labute approximate surface area is 104 Å². The van der Waals surface area contributed by atoms with Gasteiger partial charge in [-0.3, -0.25) is 0 Å². The average Bonchev–Trinajstić information content (AvgIpc) is 2.08. The van der Waals surface area contributed by atoms with Gasteiger partial charge < -0.3 is 4.79 Å². The lowest BCUT2D eigenvalue weighted by atomic mass is 10.1.